The molecule has 0 aliphatic heterocycles. The fourth-order valence-corrected chi connectivity index (χ4v) is 1.99. The molecule has 18 heavy (non-hydrogen) atoms. The van der Waals surface area contributed by atoms with Gasteiger partial charge >= 0.3 is 0 Å². The van der Waals surface area contributed by atoms with Crippen molar-refractivity contribution in [2.24, 2.45) is 0 Å². The lowest BCUT2D eigenvalue weighted by Crippen LogP contribution is -2.22. The van der Waals surface area contributed by atoms with E-state index in [0.717, 1.165) is 22.9 Å². The lowest BCUT2D eigenvalue weighted by atomic mass is 10.2. The first-order valence-electron chi connectivity index (χ1n) is 5.42. The van der Waals surface area contributed by atoms with Crippen molar-refractivity contribution in [1.29, 1.82) is 0 Å². The van der Waals surface area contributed by atoms with Crippen molar-refractivity contribution in [2.75, 3.05) is 12.8 Å². The van der Waals surface area contributed by atoms with Crippen LogP contribution >= 0.6 is 0 Å². The Morgan fingerprint density at radius 2 is 2.33 bits per heavy atom. The van der Waals surface area contributed by atoms with E-state index in [-0.39, 0.29) is 0 Å². The second kappa shape index (κ2) is 5.21. The molecule has 0 atom stereocenters. The van der Waals surface area contributed by atoms with Crippen molar-refractivity contribution >= 4 is 21.1 Å². The Morgan fingerprint density at radius 1 is 1.50 bits per heavy atom. The molecule has 0 spiro atoms. The zero-order valence-corrected chi connectivity index (χ0v) is 10.7. The van der Waals surface area contributed by atoms with Crippen LogP contribution in [-0.2, 0) is 10.0 Å². The number of hydrogen-bond acceptors (Lipinski definition) is 3. The number of nitrogens with zero attached hydrogens (tertiary/aromatic N) is 1. The van der Waals surface area contributed by atoms with Crippen LogP contribution in [0.25, 0.3) is 11.0 Å². The maximum absolute atomic E-state index is 10.8. The SMILES string of the molecule is CS(=O)(=O)NCCC#Cc1c[nH]c2ncccc12. The van der Waals surface area contributed by atoms with Gasteiger partial charge in [0.1, 0.15) is 5.65 Å². The van der Waals surface area contributed by atoms with E-state index < -0.39 is 10.0 Å². The van der Waals surface area contributed by atoms with Crippen molar-refractivity contribution in [3.8, 4) is 11.8 Å². The maximum atomic E-state index is 10.8. The molecule has 2 N–H and O–H groups in total. The minimum Gasteiger partial charge on any atom is -0.345 e. The van der Waals surface area contributed by atoms with Gasteiger partial charge in [-0.05, 0) is 12.1 Å². The molecule has 0 bridgehead atoms. The van der Waals surface area contributed by atoms with Gasteiger partial charge in [-0.15, -0.1) is 0 Å². The highest BCUT2D eigenvalue weighted by Crippen LogP contribution is 2.13. The molecule has 0 unspecified atom stereocenters. The summed E-state index contributed by atoms with van der Waals surface area (Å²) in [7, 11) is -3.13. The van der Waals surface area contributed by atoms with Crippen LogP contribution in [0.1, 0.15) is 12.0 Å². The number of hydrogen-bond donors (Lipinski definition) is 2. The number of fused-ring (bicyclic) bond motifs is 1. The number of pyridine rings is 1. The second-order valence-corrected chi connectivity index (χ2v) is 5.65. The monoisotopic (exact) mass is 263 g/mol. The van der Waals surface area contributed by atoms with E-state index in [1.165, 1.54) is 0 Å². The van der Waals surface area contributed by atoms with Crippen LogP contribution in [-0.4, -0.2) is 31.2 Å². The van der Waals surface area contributed by atoms with Crippen molar-refractivity contribution in [1.82, 2.24) is 14.7 Å². The molecule has 0 fully saturated rings. The average Bonchev–Trinajstić information content (AvgIpc) is 2.71. The minimum atomic E-state index is -3.13. The third kappa shape index (κ3) is 3.32. The Bertz CT molecular complexity index is 707. The van der Waals surface area contributed by atoms with E-state index in [1.807, 2.05) is 12.1 Å². The minimum absolute atomic E-state index is 0.326. The van der Waals surface area contributed by atoms with E-state index in [2.05, 4.69) is 26.5 Å². The van der Waals surface area contributed by atoms with Gasteiger partial charge < -0.3 is 4.98 Å². The van der Waals surface area contributed by atoms with Crippen molar-refractivity contribution in [3.05, 3.63) is 30.1 Å². The highest BCUT2D eigenvalue weighted by Gasteiger charge is 2.00. The molecule has 2 rings (SSSR count). The smallest absolute Gasteiger partial charge is 0.208 e. The molecule has 0 aliphatic rings. The Hall–Kier alpha value is -1.84. The van der Waals surface area contributed by atoms with E-state index in [4.69, 9.17) is 0 Å². The summed E-state index contributed by atoms with van der Waals surface area (Å²) in [5.74, 6) is 5.93. The van der Waals surface area contributed by atoms with Gasteiger partial charge in [0.2, 0.25) is 10.0 Å². The number of aromatic nitrogens is 2. The summed E-state index contributed by atoms with van der Waals surface area (Å²) in [6.45, 7) is 0.326. The Labute approximate surface area is 106 Å². The zero-order chi connectivity index (χ0) is 13.0. The van der Waals surface area contributed by atoms with Crippen LogP contribution in [0.3, 0.4) is 0 Å². The van der Waals surface area contributed by atoms with Gasteiger partial charge in [-0.3, -0.25) is 0 Å². The molecule has 2 aromatic rings. The summed E-state index contributed by atoms with van der Waals surface area (Å²) < 4.78 is 24.0. The molecule has 0 aliphatic carbocycles. The highest BCUT2D eigenvalue weighted by molar-refractivity contribution is 7.88. The Kier molecular flexibility index (Phi) is 3.65. The third-order valence-electron chi connectivity index (χ3n) is 2.29. The van der Waals surface area contributed by atoms with E-state index in [0.29, 0.717) is 13.0 Å². The summed E-state index contributed by atoms with van der Waals surface area (Å²) in [4.78, 5) is 7.19. The largest absolute Gasteiger partial charge is 0.345 e. The molecule has 2 heterocycles. The van der Waals surface area contributed by atoms with Crippen LogP contribution in [0.4, 0.5) is 0 Å². The first kappa shape index (κ1) is 12.6. The number of nitrogens with one attached hydrogen (secondary N) is 2. The molecule has 0 saturated heterocycles. The van der Waals surface area contributed by atoms with Gasteiger partial charge in [-0.25, -0.2) is 18.1 Å². The van der Waals surface area contributed by atoms with Gasteiger partial charge in [0.15, 0.2) is 0 Å². The third-order valence-corrected chi connectivity index (χ3v) is 3.02. The summed E-state index contributed by atoms with van der Waals surface area (Å²) >= 11 is 0. The molecule has 0 aromatic carbocycles. The lowest BCUT2D eigenvalue weighted by molar-refractivity contribution is 0.588. The molecule has 2 aromatic heterocycles. The van der Waals surface area contributed by atoms with Gasteiger partial charge in [-0.2, -0.15) is 0 Å². The first-order valence-corrected chi connectivity index (χ1v) is 7.31. The molecule has 0 saturated carbocycles. The average molecular weight is 263 g/mol. The number of H-pyrrole nitrogens is 1. The maximum Gasteiger partial charge on any atom is 0.208 e. The predicted octanol–water partition coefficient (Wildman–Crippen LogP) is 0.854. The topological polar surface area (TPSA) is 74.8 Å². The summed E-state index contributed by atoms with van der Waals surface area (Å²) in [5.41, 5.74) is 1.67. The van der Waals surface area contributed by atoms with Gasteiger partial charge in [0.05, 0.1) is 11.8 Å². The Morgan fingerprint density at radius 3 is 3.11 bits per heavy atom. The standard InChI is InChI=1S/C12H13N3O2S/c1-18(16,17)15-8-3-2-5-10-9-14-12-11(10)6-4-7-13-12/h4,6-7,9,15H,3,8H2,1H3,(H,13,14). The van der Waals surface area contributed by atoms with Crippen LogP contribution in [0.5, 0.6) is 0 Å². The van der Waals surface area contributed by atoms with Crippen LogP contribution in [0.15, 0.2) is 24.5 Å². The second-order valence-electron chi connectivity index (χ2n) is 3.82. The van der Waals surface area contributed by atoms with Crippen molar-refractivity contribution < 1.29 is 8.42 Å². The normalized spacial score (nSPS) is 11.2. The molecule has 0 radical (unpaired) electrons. The fourth-order valence-electron chi connectivity index (χ4n) is 1.52. The van der Waals surface area contributed by atoms with Gasteiger partial charge in [0.25, 0.3) is 0 Å². The lowest BCUT2D eigenvalue weighted by Gasteiger charge is -1.95. The van der Waals surface area contributed by atoms with E-state index >= 15 is 0 Å². The van der Waals surface area contributed by atoms with Crippen molar-refractivity contribution in [2.45, 2.75) is 6.42 Å². The molecule has 5 nitrogen and oxygen atoms in total. The summed E-state index contributed by atoms with van der Waals surface area (Å²) in [6.07, 6.45) is 5.12. The van der Waals surface area contributed by atoms with Gasteiger partial charge in [0, 0.05) is 30.7 Å². The van der Waals surface area contributed by atoms with Gasteiger partial charge in [-0.1, -0.05) is 11.8 Å². The van der Waals surface area contributed by atoms with Crippen LogP contribution in [0.2, 0.25) is 0 Å². The van der Waals surface area contributed by atoms with Crippen molar-refractivity contribution in [3.63, 3.8) is 0 Å². The van der Waals surface area contributed by atoms with Crippen LogP contribution in [0, 0.1) is 11.8 Å². The highest BCUT2D eigenvalue weighted by atomic mass is 32.2. The van der Waals surface area contributed by atoms with E-state index in [9.17, 15) is 8.42 Å². The summed E-state index contributed by atoms with van der Waals surface area (Å²) in [6, 6.07) is 3.80. The summed E-state index contributed by atoms with van der Waals surface area (Å²) in [5, 5.41) is 0.973. The molecule has 0 amide bonds. The molecule has 6 heteroatoms. The Balaban J connectivity index is 2.02. The van der Waals surface area contributed by atoms with E-state index in [1.54, 1.807) is 12.4 Å². The first-order chi connectivity index (χ1) is 8.56. The predicted molar refractivity (Wildman–Crippen MR) is 70.4 cm³/mol. The number of rotatable bonds is 3. The van der Waals surface area contributed by atoms with Crippen LogP contribution < -0.4 is 4.72 Å². The fraction of sp³-hybridized carbons (Fsp3) is 0.250. The molecular formula is C12H13N3O2S. The quantitative estimate of drug-likeness (QED) is 0.637. The number of sulfonamides is 1. The molecular weight excluding hydrogens is 250 g/mol. The zero-order valence-electron chi connectivity index (χ0n) is 9.90. The number of aromatic amines is 1. The molecule has 94 valence electrons.